The minimum atomic E-state index is -1.46. The number of methoxy groups -OCH3 is 1. The lowest BCUT2D eigenvalue weighted by Crippen LogP contribution is -2.58. The van der Waals surface area contributed by atoms with Crippen LogP contribution in [0, 0.1) is 23.7 Å². The predicted molar refractivity (Wildman–Crippen MR) is 180 cm³/mol. The number of ether oxygens (including phenoxy) is 1. The predicted octanol–water partition coefficient (Wildman–Crippen LogP) is 6.43. The molecule has 48 heavy (non-hydrogen) atoms. The van der Waals surface area contributed by atoms with E-state index in [2.05, 4.69) is 0 Å². The van der Waals surface area contributed by atoms with Crippen LogP contribution in [0.5, 0.6) is 11.5 Å². The zero-order chi connectivity index (χ0) is 33.2. The first-order chi connectivity index (χ1) is 23.4. The van der Waals surface area contributed by atoms with Crippen molar-refractivity contribution in [2.45, 2.75) is 24.2 Å². The average Bonchev–Trinajstić information content (AvgIpc) is 3.39. The normalized spacial score (nSPS) is 27.9. The van der Waals surface area contributed by atoms with Crippen LogP contribution in [0.2, 0.25) is 0 Å². The van der Waals surface area contributed by atoms with E-state index in [1.54, 1.807) is 42.5 Å². The SMILES string of the molecule is COc1cccc(O)c1C1C2=CCC3C(=O)N(c4ccccc4)C(=O)C3C2CC2C(=O)C(c3ccccc3)=CC(=O)C21c1ccccc1. The summed E-state index contributed by atoms with van der Waals surface area (Å²) in [6.07, 6.45) is 3.93. The molecular formula is C41H33NO6. The lowest BCUT2D eigenvalue weighted by Gasteiger charge is -2.55. The van der Waals surface area contributed by atoms with Gasteiger partial charge in [-0.05, 0) is 60.2 Å². The molecule has 1 aliphatic heterocycles. The zero-order valence-electron chi connectivity index (χ0n) is 26.3. The van der Waals surface area contributed by atoms with Crippen molar-refractivity contribution >= 4 is 34.6 Å². The number of amides is 2. The average molecular weight is 636 g/mol. The molecular weight excluding hydrogens is 602 g/mol. The maximum absolute atomic E-state index is 15.1. The fourth-order valence-electron chi connectivity index (χ4n) is 9.02. The monoisotopic (exact) mass is 635 g/mol. The Morgan fingerprint density at radius 2 is 1.44 bits per heavy atom. The lowest BCUT2D eigenvalue weighted by atomic mass is 9.44. The van der Waals surface area contributed by atoms with Crippen molar-refractivity contribution < 1.29 is 29.0 Å². The van der Waals surface area contributed by atoms with Crippen LogP contribution in [0.1, 0.15) is 35.4 Å². The molecule has 238 valence electrons. The summed E-state index contributed by atoms with van der Waals surface area (Å²) in [5.74, 6) is -4.40. The molecule has 0 bridgehead atoms. The summed E-state index contributed by atoms with van der Waals surface area (Å²) in [4.78, 5) is 59.8. The van der Waals surface area contributed by atoms with Crippen LogP contribution >= 0.6 is 0 Å². The van der Waals surface area contributed by atoms with Crippen LogP contribution in [0.4, 0.5) is 5.69 Å². The number of nitrogens with zero attached hydrogens (tertiary/aromatic N) is 1. The number of benzene rings is 4. The van der Waals surface area contributed by atoms with Crippen LogP contribution < -0.4 is 9.64 Å². The third-order valence-electron chi connectivity index (χ3n) is 10.9. The number of fused-ring (bicyclic) bond motifs is 4. The number of hydrogen-bond acceptors (Lipinski definition) is 6. The van der Waals surface area contributed by atoms with Crippen LogP contribution in [-0.4, -0.2) is 35.6 Å². The van der Waals surface area contributed by atoms with Gasteiger partial charge in [0, 0.05) is 23.0 Å². The molecule has 2 amide bonds. The van der Waals surface area contributed by atoms with Gasteiger partial charge in [0.15, 0.2) is 11.6 Å². The van der Waals surface area contributed by atoms with Crippen LogP contribution in [-0.2, 0) is 24.6 Å². The second-order valence-electron chi connectivity index (χ2n) is 13.0. The summed E-state index contributed by atoms with van der Waals surface area (Å²) in [5.41, 5.74) is 1.81. The van der Waals surface area contributed by atoms with Gasteiger partial charge in [-0.3, -0.25) is 24.1 Å². The second kappa shape index (κ2) is 11.3. The van der Waals surface area contributed by atoms with Crippen molar-refractivity contribution in [2.24, 2.45) is 23.7 Å². The number of rotatable bonds is 5. The van der Waals surface area contributed by atoms with Crippen molar-refractivity contribution in [3.8, 4) is 11.5 Å². The van der Waals surface area contributed by atoms with Gasteiger partial charge in [-0.15, -0.1) is 0 Å². The van der Waals surface area contributed by atoms with E-state index in [0.29, 0.717) is 40.1 Å². The molecule has 7 heteroatoms. The fourth-order valence-corrected chi connectivity index (χ4v) is 9.02. The Labute approximate surface area is 278 Å². The number of phenolic OH excluding ortho intramolecular Hbond substituents is 1. The number of hydrogen-bond donors (Lipinski definition) is 1. The topological polar surface area (TPSA) is 101 Å². The van der Waals surface area contributed by atoms with Gasteiger partial charge >= 0.3 is 0 Å². The van der Waals surface area contributed by atoms with Crippen LogP contribution in [0.3, 0.4) is 0 Å². The Balaban J connectivity index is 1.40. The van der Waals surface area contributed by atoms with Gasteiger partial charge in [0.2, 0.25) is 11.8 Å². The highest BCUT2D eigenvalue weighted by molar-refractivity contribution is 6.32. The molecule has 4 aromatic carbocycles. The number of ketones is 2. The largest absolute Gasteiger partial charge is 0.508 e. The highest BCUT2D eigenvalue weighted by Gasteiger charge is 2.66. The number of carbonyl (C=O) groups is 4. The second-order valence-corrected chi connectivity index (χ2v) is 13.0. The number of Topliss-reactive ketones (excluding diaryl/α,β-unsaturated/α-hetero) is 1. The van der Waals surface area contributed by atoms with Gasteiger partial charge in [0.1, 0.15) is 11.5 Å². The standard InChI is InChI=1S/C41H33NO6/c1-48-33-19-11-18-32(43)36(33)37-27-20-21-28-35(40(47)42(39(28)46)26-16-9-4-10-17-26)30(27)22-31-38(45)29(24-12-5-2-6-13-24)23-34(44)41(31,37)25-14-7-3-8-15-25/h2-20,23,28,30-31,35,37,43H,21-22H2,1H3. The first kappa shape index (κ1) is 29.8. The summed E-state index contributed by atoms with van der Waals surface area (Å²) in [5, 5.41) is 11.6. The molecule has 1 heterocycles. The Morgan fingerprint density at radius 3 is 2.12 bits per heavy atom. The molecule has 7 nitrogen and oxygen atoms in total. The van der Waals surface area contributed by atoms with E-state index in [1.165, 1.54) is 18.1 Å². The molecule has 0 aromatic heterocycles. The maximum Gasteiger partial charge on any atom is 0.238 e. The summed E-state index contributed by atoms with van der Waals surface area (Å²) >= 11 is 0. The van der Waals surface area contributed by atoms with Crippen molar-refractivity contribution in [3.05, 3.63) is 144 Å². The van der Waals surface area contributed by atoms with Crippen LogP contribution in [0.25, 0.3) is 5.57 Å². The van der Waals surface area contributed by atoms with Crippen molar-refractivity contribution in [1.82, 2.24) is 0 Å². The number of carbonyl (C=O) groups excluding carboxylic acids is 4. The number of anilines is 1. The number of allylic oxidation sites excluding steroid dienone is 4. The number of aromatic hydroxyl groups is 1. The van der Waals surface area contributed by atoms with Gasteiger partial charge in [-0.25, -0.2) is 0 Å². The van der Waals surface area contributed by atoms with E-state index in [4.69, 9.17) is 4.74 Å². The summed E-state index contributed by atoms with van der Waals surface area (Å²) in [7, 11) is 1.51. The molecule has 0 radical (unpaired) electrons. The Hall–Kier alpha value is -5.56. The Morgan fingerprint density at radius 1 is 0.771 bits per heavy atom. The van der Waals surface area contributed by atoms with E-state index >= 15 is 9.59 Å². The molecule has 1 N–H and O–H groups in total. The van der Waals surface area contributed by atoms with E-state index < -0.39 is 35.0 Å². The van der Waals surface area contributed by atoms with Gasteiger partial charge < -0.3 is 9.84 Å². The number of imide groups is 1. The minimum Gasteiger partial charge on any atom is -0.508 e. The molecule has 4 aliphatic rings. The van der Waals surface area contributed by atoms with Gasteiger partial charge in [-0.1, -0.05) is 96.6 Å². The minimum absolute atomic E-state index is 0.0742. The van der Waals surface area contributed by atoms with E-state index in [0.717, 1.165) is 5.57 Å². The molecule has 1 saturated heterocycles. The van der Waals surface area contributed by atoms with Crippen molar-refractivity contribution in [2.75, 3.05) is 12.0 Å². The van der Waals surface area contributed by atoms with Gasteiger partial charge in [-0.2, -0.15) is 0 Å². The molecule has 1 saturated carbocycles. The first-order valence-electron chi connectivity index (χ1n) is 16.3. The highest BCUT2D eigenvalue weighted by Crippen LogP contribution is 2.65. The number of phenols is 1. The van der Waals surface area contributed by atoms with Crippen molar-refractivity contribution in [3.63, 3.8) is 0 Å². The van der Waals surface area contributed by atoms with Crippen molar-refractivity contribution in [1.29, 1.82) is 0 Å². The molecule has 0 spiro atoms. The zero-order valence-corrected chi connectivity index (χ0v) is 26.3. The molecule has 2 fully saturated rings. The third kappa shape index (κ3) is 4.13. The highest BCUT2D eigenvalue weighted by atomic mass is 16.5. The number of para-hydroxylation sites is 1. The Bertz CT molecular complexity index is 2040. The fraction of sp³-hybridized carbons (Fsp3) is 0.220. The van der Waals surface area contributed by atoms with Crippen LogP contribution in [0.15, 0.2) is 127 Å². The van der Waals surface area contributed by atoms with E-state index in [-0.39, 0.29) is 35.6 Å². The van der Waals surface area contributed by atoms with E-state index in [9.17, 15) is 14.7 Å². The summed E-state index contributed by atoms with van der Waals surface area (Å²) < 4.78 is 5.84. The molecule has 3 aliphatic carbocycles. The lowest BCUT2D eigenvalue weighted by molar-refractivity contribution is -0.135. The summed E-state index contributed by atoms with van der Waals surface area (Å²) in [6.45, 7) is 0. The van der Waals surface area contributed by atoms with Gasteiger partial charge in [0.25, 0.3) is 0 Å². The van der Waals surface area contributed by atoms with E-state index in [1.807, 2.05) is 72.8 Å². The van der Waals surface area contributed by atoms with Gasteiger partial charge in [0.05, 0.1) is 30.0 Å². The first-order valence-corrected chi connectivity index (χ1v) is 16.3. The Kier molecular flexibility index (Phi) is 7.02. The molecule has 6 atom stereocenters. The third-order valence-corrected chi connectivity index (χ3v) is 10.9. The molecule has 6 unspecified atom stereocenters. The quantitative estimate of drug-likeness (QED) is 0.200. The smallest absolute Gasteiger partial charge is 0.238 e. The summed E-state index contributed by atoms with van der Waals surface area (Å²) in [6, 6.07) is 32.3. The maximum atomic E-state index is 15.1. The molecule has 4 aromatic rings. The molecule has 8 rings (SSSR count).